The summed E-state index contributed by atoms with van der Waals surface area (Å²) in [5.74, 6) is -0.341. The summed E-state index contributed by atoms with van der Waals surface area (Å²) in [5.41, 5.74) is 1.04. The van der Waals surface area contributed by atoms with Gasteiger partial charge in [-0.15, -0.1) is 0 Å². The van der Waals surface area contributed by atoms with Crippen LogP contribution in [0, 0.1) is 0 Å². The Morgan fingerprint density at radius 1 is 1.00 bits per heavy atom. The number of amides is 3. The van der Waals surface area contributed by atoms with Crippen molar-refractivity contribution in [2.45, 2.75) is 36.6 Å². The van der Waals surface area contributed by atoms with Crippen LogP contribution in [0.5, 0.6) is 5.75 Å². The van der Waals surface area contributed by atoms with E-state index in [-0.39, 0.29) is 28.3 Å². The summed E-state index contributed by atoms with van der Waals surface area (Å²) >= 11 is 0. The maximum absolute atomic E-state index is 12.9. The van der Waals surface area contributed by atoms with Crippen LogP contribution in [-0.4, -0.2) is 51.5 Å². The van der Waals surface area contributed by atoms with Gasteiger partial charge in [0.05, 0.1) is 18.5 Å². The van der Waals surface area contributed by atoms with Gasteiger partial charge in [-0.3, -0.25) is 4.79 Å². The largest absolute Gasteiger partial charge is 0.495 e. The summed E-state index contributed by atoms with van der Waals surface area (Å²) in [4.78, 5) is 27.0. The Kier molecular flexibility index (Phi) is 6.33. The minimum Gasteiger partial charge on any atom is -0.495 e. The minimum atomic E-state index is -3.82. The monoisotopic (exact) mass is 458 g/mol. The van der Waals surface area contributed by atoms with E-state index in [1.54, 1.807) is 29.2 Å². The molecule has 1 saturated heterocycles. The van der Waals surface area contributed by atoms with Gasteiger partial charge in [-0.1, -0.05) is 12.1 Å². The number of anilines is 2. The number of rotatable bonds is 7. The summed E-state index contributed by atoms with van der Waals surface area (Å²) < 4.78 is 33.2. The van der Waals surface area contributed by atoms with E-state index in [2.05, 4.69) is 15.4 Å². The van der Waals surface area contributed by atoms with Crippen molar-refractivity contribution in [1.29, 1.82) is 0 Å². The standard InChI is InChI=1S/C22H26N4O5S/c1-31-19-11-8-15(14-20(19)32(29,30)25-16-9-10-16)21(27)23-17-6-2-3-7-18(17)24-22(28)26-12-4-5-13-26/h2-3,6-8,11,14,16,25H,4-5,9-10,12-13H2,1H3,(H,23,27)(H,24,28). The average molecular weight is 459 g/mol. The lowest BCUT2D eigenvalue weighted by molar-refractivity contribution is 0.102. The quantitative estimate of drug-likeness (QED) is 0.590. The first-order valence-corrected chi connectivity index (χ1v) is 12.0. The van der Waals surface area contributed by atoms with Crippen molar-refractivity contribution >= 4 is 33.3 Å². The van der Waals surface area contributed by atoms with Crippen molar-refractivity contribution in [2.24, 2.45) is 0 Å². The fraction of sp³-hybridized carbons (Fsp3) is 0.364. The Bertz CT molecular complexity index is 1120. The molecular weight excluding hydrogens is 432 g/mol. The van der Waals surface area contributed by atoms with E-state index < -0.39 is 15.9 Å². The highest BCUT2D eigenvalue weighted by atomic mass is 32.2. The van der Waals surface area contributed by atoms with Gasteiger partial charge in [0.1, 0.15) is 10.6 Å². The van der Waals surface area contributed by atoms with Gasteiger partial charge in [0.25, 0.3) is 5.91 Å². The highest BCUT2D eigenvalue weighted by Crippen LogP contribution is 2.29. The van der Waals surface area contributed by atoms with Gasteiger partial charge < -0.3 is 20.3 Å². The van der Waals surface area contributed by atoms with E-state index in [0.29, 0.717) is 24.5 Å². The van der Waals surface area contributed by atoms with E-state index in [1.807, 2.05) is 0 Å². The van der Waals surface area contributed by atoms with Crippen LogP contribution < -0.4 is 20.1 Å². The van der Waals surface area contributed by atoms with E-state index in [1.165, 1.54) is 25.3 Å². The minimum absolute atomic E-state index is 0.0757. The number of benzene rings is 2. The second-order valence-corrected chi connectivity index (χ2v) is 9.57. The first-order valence-electron chi connectivity index (χ1n) is 10.5. The number of methoxy groups -OCH3 is 1. The molecule has 2 aromatic carbocycles. The lowest BCUT2D eigenvalue weighted by Gasteiger charge is -2.18. The molecule has 1 heterocycles. The molecule has 0 bridgehead atoms. The summed E-state index contributed by atoms with van der Waals surface area (Å²) in [6.45, 7) is 1.41. The number of likely N-dealkylation sites (tertiary alicyclic amines) is 1. The maximum Gasteiger partial charge on any atom is 0.321 e. The molecule has 170 valence electrons. The van der Waals surface area contributed by atoms with Crippen molar-refractivity contribution in [2.75, 3.05) is 30.8 Å². The molecule has 0 unspecified atom stereocenters. The summed E-state index contributed by atoms with van der Waals surface area (Å²) in [6, 6.07) is 10.8. The molecule has 2 aromatic rings. The number of hydrogen-bond acceptors (Lipinski definition) is 5. The molecule has 4 rings (SSSR count). The van der Waals surface area contributed by atoms with E-state index in [0.717, 1.165) is 25.7 Å². The van der Waals surface area contributed by atoms with Gasteiger partial charge in [-0.25, -0.2) is 17.9 Å². The molecule has 3 amide bonds. The highest BCUT2D eigenvalue weighted by molar-refractivity contribution is 7.89. The lowest BCUT2D eigenvalue weighted by atomic mass is 10.2. The Hall–Kier alpha value is -3.11. The van der Waals surface area contributed by atoms with E-state index in [4.69, 9.17) is 4.74 Å². The van der Waals surface area contributed by atoms with Gasteiger partial charge in [0.15, 0.2) is 0 Å². The Labute approximate surface area is 187 Å². The van der Waals surface area contributed by atoms with E-state index in [9.17, 15) is 18.0 Å². The zero-order valence-corrected chi connectivity index (χ0v) is 18.6. The van der Waals surface area contributed by atoms with Crippen LogP contribution in [0.25, 0.3) is 0 Å². The molecule has 2 fully saturated rings. The van der Waals surface area contributed by atoms with Crippen molar-refractivity contribution in [1.82, 2.24) is 9.62 Å². The van der Waals surface area contributed by atoms with Gasteiger partial charge in [-0.05, 0) is 56.0 Å². The first-order chi connectivity index (χ1) is 15.4. The molecule has 0 atom stereocenters. The maximum atomic E-state index is 12.9. The third-order valence-corrected chi connectivity index (χ3v) is 6.97. The number of urea groups is 1. The van der Waals surface area contributed by atoms with Gasteiger partial charge in [0.2, 0.25) is 10.0 Å². The Morgan fingerprint density at radius 3 is 2.28 bits per heavy atom. The Balaban J connectivity index is 1.54. The SMILES string of the molecule is COc1ccc(C(=O)Nc2ccccc2NC(=O)N2CCCC2)cc1S(=O)(=O)NC1CC1. The van der Waals surface area contributed by atoms with Crippen LogP contribution >= 0.6 is 0 Å². The number of ether oxygens (including phenoxy) is 1. The molecule has 2 aliphatic rings. The molecule has 1 saturated carbocycles. The zero-order valence-electron chi connectivity index (χ0n) is 17.8. The fourth-order valence-electron chi connectivity index (χ4n) is 3.52. The molecule has 32 heavy (non-hydrogen) atoms. The number of carbonyl (C=O) groups excluding carboxylic acids is 2. The van der Waals surface area contributed by atoms with Crippen LogP contribution in [0.3, 0.4) is 0 Å². The third-order valence-electron chi connectivity index (χ3n) is 5.42. The fourth-order valence-corrected chi connectivity index (χ4v) is 5.02. The first kappa shape index (κ1) is 22.1. The summed E-state index contributed by atoms with van der Waals surface area (Å²) in [6.07, 6.45) is 3.54. The number of nitrogens with one attached hydrogen (secondary N) is 3. The average Bonchev–Trinajstić information content (AvgIpc) is 3.40. The Morgan fingerprint density at radius 2 is 1.66 bits per heavy atom. The van der Waals surface area contributed by atoms with Crippen molar-refractivity contribution in [3.05, 3.63) is 48.0 Å². The molecule has 0 radical (unpaired) electrons. The number of hydrogen-bond donors (Lipinski definition) is 3. The van der Waals surface area contributed by atoms with Crippen LogP contribution in [0.1, 0.15) is 36.0 Å². The van der Waals surface area contributed by atoms with Gasteiger partial charge in [0, 0.05) is 24.7 Å². The van der Waals surface area contributed by atoms with Crippen molar-refractivity contribution in [3.63, 3.8) is 0 Å². The zero-order chi connectivity index (χ0) is 22.7. The topological polar surface area (TPSA) is 117 Å². The summed E-state index contributed by atoms with van der Waals surface area (Å²) in [5, 5.41) is 5.60. The number of nitrogens with zero attached hydrogens (tertiary/aromatic N) is 1. The van der Waals surface area contributed by atoms with Crippen LogP contribution in [0.15, 0.2) is 47.4 Å². The number of para-hydroxylation sites is 2. The van der Waals surface area contributed by atoms with Crippen molar-refractivity contribution in [3.8, 4) is 5.75 Å². The predicted molar refractivity (Wildman–Crippen MR) is 121 cm³/mol. The van der Waals surface area contributed by atoms with Crippen LogP contribution in [0.2, 0.25) is 0 Å². The summed E-state index contributed by atoms with van der Waals surface area (Å²) in [7, 11) is -2.44. The predicted octanol–water partition coefficient (Wildman–Crippen LogP) is 3.02. The molecule has 1 aliphatic heterocycles. The van der Waals surface area contributed by atoms with Gasteiger partial charge >= 0.3 is 6.03 Å². The van der Waals surface area contributed by atoms with Gasteiger partial charge in [-0.2, -0.15) is 0 Å². The molecule has 0 spiro atoms. The second-order valence-electron chi connectivity index (χ2n) is 7.89. The third kappa shape index (κ3) is 5.03. The van der Waals surface area contributed by atoms with Crippen LogP contribution in [0.4, 0.5) is 16.2 Å². The molecule has 0 aromatic heterocycles. The molecule has 3 N–H and O–H groups in total. The smallest absolute Gasteiger partial charge is 0.321 e. The van der Waals surface area contributed by atoms with Crippen LogP contribution in [-0.2, 0) is 10.0 Å². The molecule has 9 nitrogen and oxygen atoms in total. The second kappa shape index (κ2) is 9.17. The van der Waals surface area contributed by atoms with E-state index >= 15 is 0 Å². The molecule has 1 aliphatic carbocycles. The molecular formula is C22H26N4O5S. The molecule has 10 heteroatoms. The number of sulfonamides is 1. The number of carbonyl (C=O) groups is 2. The highest BCUT2D eigenvalue weighted by Gasteiger charge is 2.30. The lowest BCUT2D eigenvalue weighted by Crippen LogP contribution is -2.32. The van der Waals surface area contributed by atoms with Crippen molar-refractivity contribution < 1.29 is 22.7 Å². The normalized spacial score (nSPS) is 16.0.